The van der Waals surface area contributed by atoms with E-state index in [-0.39, 0.29) is 0 Å². The summed E-state index contributed by atoms with van der Waals surface area (Å²) in [5.74, 6) is 0.875. The SMILES string of the molecule is C1=Cc2c(n(-c3ccccc3)c3ccc(-c4ccc5c(c4)c4ccccc4n5-c4nc(-c5ccccc5-c5ccccc5)c5ccccn45)cc23)CC1. The predicted octanol–water partition coefficient (Wildman–Crippen LogP) is 12.3. The van der Waals surface area contributed by atoms with E-state index >= 15 is 0 Å². The summed E-state index contributed by atoms with van der Waals surface area (Å²) in [4.78, 5) is 5.49. The van der Waals surface area contributed by atoms with Gasteiger partial charge in [0.2, 0.25) is 5.95 Å². The van der Waals surface area contributed by atoms with E-state index in [0.717, 1.165) is 46.6 Å². The Hall–Kier alpha value is -6.91. The van der Waals surface area contributed by atoms with Crippen molar-refractivity contribution in [3.05, 3.63) is 187 Å². The Bertz CT molecular complexity index is 3050. The first-order valence-corrected chi connectivity index (χ1v) is 18.4. The van der Waals surface area contributed by atoms with E-state index < -0.39 is 0 Å². The zero-order chi connectivity index (χ0) is 34.9. The van der Waals surface area contributed by atoms with E-state index in [0.29, 0.717) is 0 Å². The minimum atomic E-state index is 0.875. The summed E-state index contributed by atoms with van der Waals surface area (Å²) in [7, 11) is 0. The summed E-state index contributed by atoms with van der Waals surface area (Å²) >= 11 is 0. The van der Waals surface area contributed by atoms with Crippen LogP contribution in [0.15, 0.2) is 176 Å². The number of rotatable bonds is 5. The van der Waals surface area contributed by atoms with Crippen LogP contribution in [0.2, 0.25) is 0 Å². The molecule has 0 saturated carbocycles. The molecule has 250 valence electrons. The van der Waals surface area contributed by atoms with Crippen LogP contribution in [0.1, 0.15) is 17.7 Å². The molecule has 4 aromatic heterocycles. The highest BCUT2D eigenvalue weighted by Crippen LogP contribution is 2.40. The third kappa shape index (κ3) is 4.59. The van der Waals surface area contributed by atoms with Gasteiger partial charge in [0.1, 0.15) is 0 Å². The lowest BCUT2D eigenvalue weighted by Crippen LogP contribution is -2.02. The molecule has 4 heteroatoms. The average Bonchev–Trinajstić information content (AvgIpc) is 3.89. The lowest BCUT2D eigenvalue weighted by atomic mass is 9.97. The van der Waals surface area contributed by atoms with Gasteiger partial charge in [-0.2, -0.15) is 0 Å². The second-order valence-electron chi connectivity index (χ2n) is 13.9. The van der Waals surface area contributed by atoms with Gasteiger partial charge in [-0.25, -0.2) is 4.98 Å². The van der Waals surface area contributed by atoms with Crippen molar-refractivity contribution in [3.8, 4) is 45.1 Å². The Morgan fingerprint density at radius 2 is 1.11 bits per heavy atom. The monoisotopic (exact) mass is 678 g/mol. The van der Waals surface area contributed by atoms with E-state index in [2.05, 4.69) is 196 Å². The molecule has 1 aliphatic carbocycles. The molecular formula is C49H34N4. The Labute approximate surface area is 307 Å². The number of nitrogens with zero attached hydrogens (tertiary/aromatic N) is 4. The Morgan fingerprint density at radius 1 is 0.472 bits per heavy atom. The highest BCUT2D eigenvalue weighted by atomic mass is 15.2. The normalized spacial score (nSPS) is 12.7. The second-order valence-corrected chi connectivity index (χ2v) is 13.9. The summed E-state index contributed by atoms with van der Waals surface area (Å²) in [6.07, 6.45) is 8.88. The van der Waals surface area contributed by atoms with Crippen molar-refractivity contribution in [1.29, 1.82) is 0 Å². The van der Waals surface area contributed by atoms with Gasteiger partial charge in [-0.05, 0) is 89.7 Å². The average molecular weight is 679 g/mol. The third-order valence-corrected chi connectivity index (χ3v) is 11.0. The van der Waals surface area contributed by atoms with Crippen LogP contribution in [0.25, 0.3) is 89.4 Å². The van der Waals surface area contributed by atoms with Gasteiger partial charge in [0.15, 0.2) is 0 Å². The number of benzene rings is 6. The first-order valence-electron chi connectivity index (χ1n) is 18.4. The van der Waals surface area contributed by atoms with Crippen molar-refractivity contribution in [2.45, 2.75) is 12.8 Å². The van der Waals surface area contributed by atoms with Crippen LogP contribution in [-0.2, 0) is 6.42 Å². The molecule has 0 spiro atoms. The largest absolute Gasteiger partial charge is 0.313 e. The van der Waals surface area contributed by atoms with Gasteiger partial charge in [-0.3, -0.25) is 8.97 Å². The maximum atomic E-state index is 5.49. The summed E-state index contributed by atoms with van der Waals surface area (Å²) < 4.78 is 7.02. The number of para-hydroxylation sites is 2. The van der Waals surface area contributed by atoms with Crippen LogP contribution in [-0.4, -0.2) is 18.5 Å². The molecule has 10 aromatic rings. The van der Waals surface area contributed by atoms with Crippen LogP contribution < -0.4 is 0 Å². The number of aromatic nitrogens is 4. The fourth-order valence-electron chi connectivity index (χ4n) is 8.58. The summed E-state index contributed by atoms with van der Waals surface area (Å²) in [5.41, 5.74) is 15.4. The van der Waals surface area contributed by atoms with Crippen LogP contribution in [0, 0.1) is 0 Å². The van der Waals surface area contributed by atoms with Crippen molar-refractivity contribution >= 4 is 44.3 Å². The van der Waals surface area contributed by atoms with E-state index in [4.69, 9.17) is 4.98 Å². The number of allylic oxidation sites excluding steroid dienone is 1. The molecule has 1 aliphatic rings. The zero-order valence-corrected chi connectivity index (χ0v) is 29.0. The molecule has 11 rings (SSSR count). The number of pyridine rings is 1. The quantitative estimate of drug-likeness (QED) is 0.178. The van der Waals surface area contributed by atoms with Gasteiger partial charge < -0.3 is 4.57 Å². The molecule has 0 aliphatic heterocycles. The van der Waals surface area contributed by atoms with E-state index in [1.54, 1.807) is 0 Å². The third-order valence-electron chi connectivity index (χ3n) is 11.0. The van der Waals surface area contributed by atoms with E-state index in [1.165, 1.54) is 60.9 Å². The molecular weight excluding hydrogens is 645 g/mol. The van der Waals surface area contributed by atoms with E-state index in [1.807, 2.05) is 0 Å². The minimum Gasteiger partial charge on any atom is -0.313 e. The molecule has 6 aromatic carbocycles. The van der Waals surface area contributed by atoms with Gasteiger partial charge in [0, 0.05) is 44.9 Å². The topological polar surface area (TPSA) is 27.2 Å². The minimum absolute atomic E-state index is 0.875. The smallest absolute Gasteiger partial charge is 0.220 e. The summed E-state index contributed by atoms with van der Waals surface area (Å²) in [5, 5.41) is 3.72. The van der Waals surface area contributed by atoms with Crippen LogP contribution >= 0.6 is 0 Å². The molecule has 0 N–H and O–H groups in total. The Kier molecular flexibility index (Phi) is 6.65. The lowest BCUT2D eigenvalue weighted by Gasteiger charge is -2.13. The molecule has 4 nitrogen and oxygen atoms in total. The van der Waals surface area contributed by atoms with Gasteiger partial charge in [-0.1, -0.05) is 121 Å². The first kappa shape index (κ1) is 29.8. The molecule has 4 heterocycles. The molecule has 0 fully saturated rings. The van der Waals surface area contributed by atoms with Crippen molar-refractivity contribution < 1.29 is 0 Å². The number of hydrogen-bond acceptors (Lipinski definition) is 1. The predicted molar refractivity (Wildman–Crippen MR) is 220 cm³/mol. The van der Waals surface area contributed by atoms with Crippen molar-refractivity contribution in [3.63, 3.8) is 0 Å². The van der Waals surface area contributed by atoms with Gasteiger partial charge in [0.25, 0.3) is 0 Å². The van der Waals surface area contributed by atoms with Gasteiger partial charge in [0.05, 0.1) is 27.8 Å². The van der Waals surface area contributed by atoms with Crippen LogP contribution in [0.3, 0.4) is 0 Å². The standard InChI is InChI=1S/C49H34N4/c1-3-15-33(16-4-1)37-19-7-8-22-40(37)48-47-25-13-14-30-51(47)49(50-48)53-44-24-12-10-21-39(44)42-32-35(27-29-46(42)53)34-26-28-45-41(31-34)38-20-9-11-23-43(38)52(45)36-17-5-2-6-18-36/h1-10,12-22,24-32H,11,23H2. The maximum absolute atomic E-state index is 5.49. The fraction of sp³-hybridized carbons (Fsp3) is 0.0408. The molecule has 0 bridgehead atoms. The maximum Gasteiger partial charge on any atom is 0.220 e. The number of hydrogen-bond donors (Lipinski definition) is 0. The first-order chi connectivity index (χ1) is 26.3. The Balaban J connectivity index is 1.10. The van der Waals surface area contributed by atoms with Crippen molar-refractivity contribution in [2.75, 3.05) is 0 Å². The van der Waals surface area contributed by atoms with Crippen molar-refractivity contribution in [2.24, 2.45) is 0 Å². The molecule has 0 unspecified atom stereocenters. The Morgan fingerprint density at radius 3 is 1.94 bits per heavy atom. The molecule has 53 heavy (non-hydrogen) atoms. The molecule has 0 radical (unpaired) electrons. The summed E-state index contributed by atoms with van der Waals surface area (Å²) in [6, 6.07) is 59.0. The van der Waals surface area contributed by atoms with Gasteiger partial charge >= 0.3 is 0 Å². The number of imidazole rings is 1. The van der Waals surface area contributed by atoms with Gasteiger partial charge in [-0.15, -0.1) is 0 Å². The fourth-order valence-corrected chi connectivity index (χ4v) is 8.58. The molecule has 0 amide bonds. The summed E-state index contributed by atoms with van der Waals surface area (Å²) in [6.45, 7) is 0. The highest BCUT2D eigenvalue weighted by molar-refractivity contribution is 6.10. The van der Waals surface area contributed by atoms with Crippen LogP contribution in [0.5, 0.6) is 0 Å². The molecule has 0 atom stereocenters. The van der Waals surface area contributed by atoms with E-state index in [9.17, 15) is 0 Å². The van der Waals surface area contributed by atoms with Crippen LogP contribution in [0.4, 0.5) is 0 Å². The zero-order valence-electron chi connectivity index (χ0n) is 29.0. The lowest BCUT2D eigenvalue weighted by molar-refractivity contribution is 0.888. The number of fused-ring (bicyclic) bond motifs is 7. The van der Waals surface area contributed by atoms with Crippen molar-refractivity contribution in [1.82, 2.24) is 18.5 Å². The highest BCUT2D eigenvalue weighted by Gasteiger charge is 2.22. The molecule has 0 saturated heterocycles. The second kappa shape index (κ2) is 11.8.